The zero-order valence-corrected chi connectivity index (χ0v) is 9.62. The van der Waals surface area contributed by atoms with Gasteiger partial charge >= 0.3 is 0 Å². The molecule has 0 amide bonds. The average molecular weight is 217 g/mol. The Bertz CT molecular complexity index is 294. The first kappa shape index (κ1) is 11.5. The van der Waals surface area contributed by atoms with Crippen LogP contribution >= 0.6 is 11.6 Å². The summed E-state index contributed by atoms with van der Waals surface area (Å²) in [6.07, 6.45) is 2.87. The van der Waals surface area contributed by atoms with Crippen molar-refractivity contribution in [2.24, 2.45) is 0 Å². The maximum absolute atomic E-state index is 9.20. The summed E-state index contributed by atoms with van der Waals surface area (Å²) in [7, 11) is 0. The van der Waals surface area contributed by atoms with Crippen molar-refractivity contribution < 1.29 is 5.11 Å². The number of aliphatic hydroxyl groups excluding tert-OH is 1. The van der Waals surface area contributed by atoms with Gasteiger partial charge in [0, 0.05) is 6.04 Å². The molecule has 1 aromatic heterocycles. The highest BCUT2D eigenvalue weighted by molar-refractivity contribution is 6.31. The van der Waals surface area contributed by atoms with E-state index in [9.17, 15) is 5.11 Å². The number of aromatic nitrogens is 2. The second kappa shape index (κ2) is 4.80. The summed E-state index contributed by atoms with van der Waals surface area (Å²) in [5, 5.41) is 14.1. The molecule has 1 unspecified atom stereocenters. The van der Waals surface area contributed by atoms with E-state index >= 15 is 0 Å². The first-order valence-corrected chi connectivity index (χ1v) is 5.30. The van der Waals surface area contributed by atoms with Crippen LogP contribution in [0.25, 0.3) is 0 Å². The number of aliphatic hydroxyl groups is 1. The molecular weight excluding hydrogens is 200 g/mol. The lowest BCUT2D eigenvalue weighted by atomic mass is 10.1. The normalized spacial score (nSPS) is 13.6. The van der Waals surface area contributed by atoms with Gasteiger partial charge in [-0.2, -0.15) is 5.10 Å². The highest BCUT2D eigenvalue weighted by Gasteiger charge is 2.11. The molecule has 1 rings (SSSR count). The van der Waals surface area contributed by atoms with Crippen LogP contribution in [0.3, 0.4) is 0 Å². The molecule has 4 heteroatoms. The van der Waals surface area contributed by atoms with E-state index in [2.05, 4.69) is 18.9 Å². The monoisotopic (exact) mass is 216 g/mol. The Morgan fingerprint density at radius 2 is 2.14 bits per heavy atom. The highest BCUT2D eigenvalue weighted by atomic mass is 35.5. The first-order chi connectivity index (χ1) is 6.52. The summed E-state index contributed by atoms with van der Waals surface area (Å²) in [4.78, 5) is 0. The molecule has 1 heterocycles. The molecule has 0 aliphatic rings. The van der Waals surface area contributed by atoms with Crippen LogP contribution < -0.4 is 0 Å². The minimum absolute atomic E-state index is 0.290. The van der Waals surface area contributed by atoms with Gasteiger partial charge in [-0.05, 0) is 33.6 Å². The third-order valence-electron chi connectivity index (χ3n) is 2.14. The number of rotatable bonds is 4. The molecule has 0 aliphatic heterocycles. The Balaban J connectivity index is 2.77. The van der Waals surface area contributed by atoms with Gasteiger partial charge in [-0.3, -0.25) is 4.68 Å². The maximum Gasteiger partial charge on any atom is 0.0817 e. The van der Waals surface area contributed by atoms with Crippen LogP contribution in [0, 0.1) is 0 Å². The molecule has 0 radical (unpaired) electrons. The lowest BCUT2D eigenvalue weighted by Crippen LogP contribution is -2.10. The van der Waals surface area contributed by atoms with Crippen LogP contribution in [-0.2, 0) is 6.42 Å². The number of nitrogens with zero attached hydrogens (tertiary/aromatic N) is 2. The number of hydrogen-bond acceptors (Lipinski definition) is 2. The van der Waals surface area contributed by atoms with Crippen LogP contribution in [0.2, 0.25) is 5.02 Å². The van der Waals surface area contributed by atoms with Crippen molar-refractivity contribution in [3.63, 3.8) is 0 Å². The third kappa shape index (κ3) is 2.72. The van der Waals surface area contributed by atoms with Gasteiger partial charge in [0.2, 0.25) is 0 Å². The van der Waals surface area contributed by atoms with Crippen molar-refractivity contribution in [2.45, 2.75) is 45.8 Å². The topological polar surface area (TPSA) is 38.1 Å². The summed E-state index contributed by atoms with van der Waals surface area (Å²) < 4.78 is 1.91. The van der Waals surface area contributed by atoms with E-state index in [-0.39, 0.29) is 6.10 Å². The van der Waals surface area contributed by atoms with Crippen molar-refractivity contribution in [1.82, 2.24) is 9.78 Å². The van der Waals surface area contributed by atoms with E-state index in [1.165, 1.54) is 0 Å². The van der Waals surface area contributed by atoms with Crippen LogP contribution in [0.1, 0.15) is 38.9 Å². The maximum atomic E-state index is 9.20. The van der Waals surface area contributed by atoms with Gasteiger partial charge in [0.15, 0.2) is 0 Å². The number of halogens is 1. The van der Waals surface area contributed by atoms with Crippen molar-refractivity contribution >= 4 is 11.6 Å². The summed E-state index contributed by atoms with van der Waals surface area (Å²) in [5.41, 5.74) is 1.02. The Labute approximate surface area is 89.7 Å². The van der Waals surface area contributed by atoms with E-state index in [4.69, 9.17) is 11.6 Å². The molecule has 1 atom stereocenters. The Morgan fingerprint density at radius 3 is 2.64 bits per heavy atom. The smallest absolute Gasteiger partial charge is 0.0817 e. The first-order valence-electron chi connectivity index (χ1n) is 4.92. The molecule has 80 valence electrons. The highest BCUT2D eigenvalue weighted by Crippen LogP contribution is 2.20. The quantitative estimate of drug-likeness (QED) is 0.840. The molecule has 0 fully saturated rings. The summed E-state index contributed by atoms with van der Waals surface area (Å²) in [5.74, 6) is 0. The standard InChI is InChI=1S/C10H17ClN2O/c1-7(2)13-10(5-4-8(3)14)9(11)6-12-13/h6-8,14H,4-5H2,1-3H3. The largest absolute Gasteiger partial charge is 0.393 e. The molecule has 0 saturated carbocycles. The van der Waals surface area contributed by atoms with Crippen molar-refractivity contribution in [2.75, 3.05) is 0 Å². The molecular formula is C10H17ClN2O. The Morgan fingerprint density at radius 1 is 1.50 bits per heavy atom. The zero-order valence-electron chi connectivity index (χ0n) is 8.87. The SMILES string of the molecule is CC(O)CCc1c(Cl)cnn1C(C)C. The van der Waals surface area contributed by atoms with Gasteiger partial charge in [-0.25, -0.2) is 0 Å². The number of hydrogen-bond donors (Lipinski definition) is 1. The second-order valence-corrected chi connectivity index (χ2v) is 4.27. The molecule has 14 heavy (non-hydrogen) atoms. The third-order valence-corrected chi connectivity index (χ3v) is 2.45. The lowest BCUT2D eigenvalue weighted by molar-refractivity contribution is 0.184. The van der Waals surface area contributed by atoms with Crippen molar-refractivity contribution in [3.05, 3.63) is 16.9 Å². The summed E-state index contributed by atoms with van der Waals surface area (Å²) in [6, 6.07) is 0.312. The minimum Gasteiger partial charge on any atom is -0.393 e. The second-order valence-electron chi connectivity index (χ2n) is 3.87. The van der Waals surface area contributed by atoms with Crippen LogP contribution in [-0.4, -0.2) is 21.0 Å². The van der Waals surface area contributed by atoms with Gasteiger partial charge in [0.1, 0.15) is 0 Å². The van der Waals surface area contributed by atoms with E-state index < -0.39 is 0 Å². The summed E-state index contributed by atoms with van der Waals surface area (Å²) >= 11 is 6.01. The molecule has 0 spiro atoms. The van der Waals surface area contributed by atoms with Crippen LogP contribution in [0.4, 0.5) is 0 Å². The van der Waals surface area contributed by atoms with E-state index in [1.807, 2.05) is 4.68 Å². The molecule has 0 saturated heterocycles. The van der Waals surface area contributed by atoms with E-state index in [0.717, 1.165) is 18.5 Å². The predicted molar refractivity (Wildman–Crippen MR) is 57.6 cm³/mol. The molecule has 0 aliphatic carbocycles. The molecule has 1 N–H and O–H groups in total. The van der Waals surface area contributed by atoms with Gasteiger partial charge in [-0.15, -0.1) is 0 Å². The van der Waals surface area contributed by atoms with E-state index in [0.29, 0.717) is 11.1 Å². The fourth-order valence-corrected chi connectivity index (χ4v) is 1.62. The molecule has 3 nitrogen and oxygen atoms in total. The van der Waals surface area contributed by atoms with Crippen molar-refractivity contribution in [3.8, 4) is 0 Å². The fraction of sp³-hybridized carbons (Fsp3) is 0.700. The van der Waals surface area contributed by atoms with Crippen LogP contribution in [0.5, 0.6) is 0 Å². The zero-order chi connectivity index (χ0) is 10.7. The lowest BCUT2D eigenvalue weighted by Gasteiger charge is -2.11. The predicted octanol–water partition coefficient (Wildman–Crippen LogP) is 2.43. The van der Waals surface area contributed by atoms with Gasteiger partial charge in [0.05, 0.1) is 23.0 Å². The van der Waals surface area contributed by atoms with Gasteiger partial charge < -0.3 is 5.11 Å². The van der Waals surface area contributed by atoms with Gasteiger partial charge in [-0.1, -0.05) is 11.6 Å². The molecule has 0 aromatic carbocycles. The summed E-state index contributed by atoms with van der Waals surface area (Å²) in [6.45, 7) is 5.91. The van der Waals surface area contributed by atoms with Crippen LogP contribution in [0.15, 0.2) is 6.20 Å². The molecule has 1 aromatic rings. The Hall–Kier alpha value is -0.540. The Kier molecular flexibility index (Phi) is 3.96. The average Bonchev–Trinajstić information content (AvgIpc) is 2.43. The van der Waals surface area contributed by atoms with E-state index in [1.54, 1.807) is 13.1 Å². The fourth-order valence-electron chi connectivity index (χ4n) is 1.39. The van der Waals surface area contributed by atoms with Crippen molar-refractivity contribution in [1.29, 1.82) is 0 Å². The molecule has 0 bridgehead atoms. The minimum atomic E-state index is -0.290. The van der Waals surface area contributed by atoms with Gasteiger partial charge in [0.25, 0.3) is 0 Å².